The minimum absolute atomic E-state index is 0.0641. The predicted molar refractivity (Wildman–Crippen MR) is 104 cm³/mol. The fourth-order valence-corrected chi connectivity index (χ4v) is 2.60. The summed E-state index contributed by atoms with van der Waals surface area (Å²) >= 11 is 0. The number of rotatable bonds is 6. The van der Waals surface area contributed by atoms with Gasteiger partial charge in [-0.2, -0.15) is 5.10 Å². The molecule has 0 aliphatic heterocycles. The standard InChI is InChI=1S/C21H19N3O4/c1-2-28-21(27)16-10-6-7-11-17(16)22-20(26)18-12-13-19(25)24(23-18)14-15-8-4-3-5-9-15/h3-13H,2,14H2,1H3,(H,22,26). The number of carbonyl (C=O) groups is 2. The smallest absolute Gasteiger partial charge is 0.340 e. The molecule has 0 fully saturated rings. The van der Waals surface area contributed by atoms with Crippen LogP contribution in [0.3, 0.4) is 0 Å². The van der Waals surface area contributed by atoms with Crippen molar-refractivity contribution in [3.8, 4) is 0 Å². The van der Waals surface area contributed by atoms with Crippen LogP contribution in [0.5, 0.6) is 0 Å². The van der Waals surface area contributed by atoms with Crippen LogP contribution >= 0.6 is 0 Å². The first-order valence-corrected chi connectivity index (χ1v) is 8.78. The third kappa shape index (κ3) is 4.50. The zero-order chi connectivity index (χ0) is 19.9. The first-order valence-electron chi connectivity index (χ1n) is 8.78. The Bertz CT molecular complexity index is 1040. The van der Waals surface area contributed by atoms with Gasteiger partial charge in [0.05, 0.1) is 24.4 Å². The van der Waals surface area contributed by atoms with E-state index in [9.17, 15) is 14.4 Å². The molecule has 3 rings (SSSR count). The van der Waals surface area contributed by atoms with Crippen molar-refractivity contribution in [3.05, 3.63) is 93.9 Å². The van der Waals surface area contributed by atoms with Crippen molar-refractivity contribution in [2.75, 3.05) is 11.9 Å². The summed E-state index contributed by atoms with van der Waals surface area (Å²) in [6.07, 6.45) is 0. The molecular formula is C21H19N3O4. The van der Waals surface area contributed by atoms with Crippen LogP contribution in [0.4, 0.5) is 5.69 Å². The molecule has 1 N–H and O–H groups in total. The molecule has 0 saturated heterocycles. The molecule has 0 radical (unpaired) electrons. The molecule has 0 bridgehead atoms. The zero-order valence-electron chi connectivity index (χ0n) is 15.3. The van der Waals surface area contributed by atoms with E-state index in [1.54, 1.807) is 31.2 Å². The Kier molecular flexibility index (Phi) is 5.96. The molecule has 0 aliphatic rings. The van der Waals surface area contributed by atoms with Gasteiger partial charge in [-0.05, 0) is 30.7 Å². The highest BCUT2D eigenvalue weighted by molar-refractivity contribution is 6.06. The van der Waals surface area contributed by atoms with E-state index in [1.165, 1.54) is 16.8 Å². The van der Waals surface area contributed by atoms with E-state index in [0.717, 1.165) is 5.56 Å². The third-order valence-electron chi connectivity index (χ3n) is 3.95. The van der Waals surface area contributed by atoms with E-state index < -0.39 is 11.9 Å². The summed E-state index contributed by atoms with van der Waals surface area (Å²) in [4.78, 5) is 36.8. The maximum atomic E-state index is 12.6. The molecule has 0 atom stereocenters. The maximum Gasteiger partial charge on any atom is 0.340 e. The molecule has 1 amide bonds. The van der Waals surface area contributed by atoms with Crippen LogP contribution in [-0.4, -0.2) is 28.3 Å². The van der Waals surface area contributed by atoms with E-state index in [1.807, 2.05) is 30.3 Å². The first-order chi connectivity index (χ1) is 13.6. The van der Waals surface area contributed by atoms with Gasteiger partial charge in [0, 0.05) is 6.07 Å². The summed E-state index contributed by atoms with van der Waals surface area (Å²) in [6.45, 7) is 2.19. The van der Waals surface area contributed by atoms with Crippen LogP contribution in [0.2, 0.25) is 0 Å². The van der Waals surface area contributed by atoms with E-state index in [-0.39, 0.29) is 30.0 Å². The van der Waals surface area contributed by atoms with E-state index in [0.29, 0.717) is 5.69 Å². The largest absolute Gasteiger partial charge is 0.462 e. The molecule has 0 unspecified atom stereocenters. The molecule has 1 heterocycles. The van der Waals surface area contributed by atoms with Crippen LogP contribution in [0.25, 0.3) is 0 Å². The monoisotopic (exact) mass is 377 g/mol. The van der Waals surface area contributed by atoms with Crippen molar-refractivity contribution in [3.63, 3.8) is 0 Å². The van der Waals surface area contributed by atoms with Gasteiger partial charge in [-0.15, -0.1) is 0 Å². The Morgan fingerprint density at radius 3 is 2.46 bits per heavy atom. The molecule has 142 valence electrons. The molecule has 2 aromatic carbocycles. The van der Waals surface area contributed by atoms with E-state index >= 15 is 0 Å². The van der Waals surface area contributed by atoms with Crippen molar-refractivity contribution >= 4 is 17.6 Å². The highest BCUT2D eigenvalue weighted by Gasteiger charge is 2.16. The number of anilines is 1. The number of para-hydroxylation sites is 1. The number of benzene rings is 2. The number of nitrogens with one attached hydrogen (secondary N) is 1. The highest BCUT2D eigenvalue weighted by atomic mass is 16.5. The molecule has 3 aromatic rings. The molecule has 0 spiro atoms. The number of ether oxygens (including phenoxy) is 1. The van der Waals surface area contributed by atoms with Gasteiger partial charge in [-0.3, -0.25) is 9.59 Å². The number of esters is 1. The molecule has 7 heteroatoms. The van der Waals surface area contributed by atoms with Crippen LogP contribution in [0.15, 0.2) is 71.5 Å². The van der Waals surface area contributed by atoms with Gasteiger partial charge in [0.15, 0.2) is 0 Å². The lowest BCUT2D eigenvalue weighted by Crippen LogP contribution is -2.26. The third-order valence-corrected chi connectivity index (χ3v) is 3.95. The van der Waals surface area contributed by atoms with Gasteiger partial charge in [0.1, 0.15) is 5.69 Å². The Morgan fingerprint density at radius 1 is 1.00 bits per heavy atom. The second-order valence-electron chi connectivity index (χ2n) is 5.92. The Labute approximate surface area is 161 Å². The van der Waals surface area contributed by atoms with E-state index in [4.69, 9.17) is 4.74 Å². The van der Waals surface area contributed by atoms with Crippen molar-refractivity contribution < 1.29 is 14.3 Å². The second kappa shape index (κ2) is 8.77. The highest BCUT2D eigenvalue weighted by Crippen LogP contribution is 2.17. The average molecular weight is 377 g/mol. The minimum Gasteiger partial charge on any atom is -0.462 e. The van der Waals surface area contributed by atoms with Crippen molar-refractivity contribution in [1.82, 2.24) is 9.78 Å². The van der Waals surface area contributed by atoms with Gasteiger partial charge in [0.2, 0.25) is 0 Å². The summed E-state index contributed by atoms with van der Waals surface area (Å²) in [5.74, 6) is -1.06. The minimum atomic E-state index is -0.529. The molecule has 28 heavy (non-hydrogen) atoms. The Morgan fingerprint density at radius 2 is 1.71 bits per heavy atom. The van der Waals surface area contributed by atoms with Gasteiger partial charge >= 0.3 is 5.97 Å². The number of carbonyl (C=O) groups excluding carboxylic acids is 2. The molecule has 7 nitrogen and oxygen atoms in total. The second-order valence-corrected chi connectivity index (χ2v) is 5.92. The van der Waals surface area contributed by atoms with Crippen LogP contribution < -0.4 is 10.9 Å². The maximum absolute atomic E-state index is 12.6. The normalized spacial score (nSPS) is 10.3. The van der Waals surface area contributed by atoms with Gasteiger partial charge < -0.3 is 10.1 Å². The topological polar surface area (TPSA) is 90.3 Å². The van der Waals surface area contributed by atoms with Crippen LogP contribution in [0.1, 0.15) is 33.3 Å². The predicted octanol–water partition coefficient (Wildman–Crippen LogP) is 2.72. The number of hydrogen-bond acceptors (Lipinski definition) is 5. The van der Waals surface area contributed by atoms with Crippen molar-refractivity contribution in [2.45, 2.75) is 13.5 Å². The van der Waals surface area contributed by atoms with Gasteiger partial charge in [0.25, 0.3) is 11.5 Å². The molecule has 0 saturated carbocycles. The van der Waals surface area contributed by atoms with Crippen molar-refractivity contribution in [1.29, 1.82) is 0 Å². The number of amides is 1. The molecule has 0 aliphatic carbocycles. The van der Waals surface area contributed by atoms with E-state index in [2.05, 4.69) is 10.4 Å². The number of nitrogens with zero attached hydrogens (tertiary/aromatic N) is 2. The lowest BCUT2D eigenvalue weighted by Gasteiger charge is -2.11. The van der Waals surface area contributed by atoms with Gasteiger partial charge in [-0.25, -0.2) is 9.48 Å². The fraction of sp³-hybridized carbons (Fsp3) is 0.143. The zero-order valence-corrected chi connectivity index (χ0v) is 15.3. The summed E-state index contributed by atoms with van der Waals surface area (Å²) < 4.78 is 6.23. The lowest BCUT2D eigenvalue weighted by atomic mass is 10.1. The number of aromatic nitrogens is 2. The lowest BCUT2D eigenvalue weighted by molar-refractivity contribution is 0.0527. The summed E-state index contributed by atoms with van der Waals surface area (Å²) in [7, 11) is 0. The summed E-state index contributed by atoms with van der Waals surface area (Å²) in [6, 6.07) is 18.5. The average Bonchev–Trinajstić information content (AvgIpc) is 2.71. The van der Waals surface area contributed by atoms with Crippen LogP contribution in [0, 0.1) is 0 Å². The van der Waals surface area contributed by atoms with Crippen molar-refractivity contribution in [2.24, 2.45) is 0 Å². The Hall–Kier alpha value is -3.74. The Balaban J connectivity index is 1.83. The fourth-order valence-electron chi connectivity index (χ4n) is 2.60. The quantitative estimate of drug-likeness (QED) is 0.667. The first kappa shape index (κ1) is 19.0. The summed E-state index contributed by atoms with van der Waals surface area (Å²) in [5, 5.41) is 6.81. The van der Waals surface area contributed by atoms with Crippen LogP contribution in [-0.2, 0) is 11.3 Å². The SMILES string of the molecule is CCOC(=O)c1ccccc1NC(=O)c1ccc(=O)n(Cc2ccccc2)n1. The number of hydrogen-bond donors (Lipinski definition) is 1. The summed E-state index contributed by atoms with van der Waals surface area (Å²) in [5.41, 5.74) is 1.20. The molecular weight excluding hydrogens is 358 g/mol. The van der Waals surface area contributed by atoms with Gasteiger partial charge in [-0.1, -0.05) is 42.5 Å². The molecule has 1 aromatic heterocycles.